The number of amides is 1. The first-order valence-electron chi connectivity index (χ1n) is 7.09. The number of sulfone groups is 1. The molecule has 0 aromatic heterocycles. The number of primary amides is 1. The number of benzene rings is 2. The van der Waals surface area contributed by atoms with Crippen LogP contribution in [0.15, 0.2) is 35.2 Å². The Morgan fingerprint density at radius 1 is 1.20 bits per heavy atom. The summed E-state index contributed by atoms with van der Waals surface area (Å²) in [5.41, 5.74) is 5.27. The van der Waals surface area contributed by atoms with Crippen LogP contribution in [-0.2, 0) is 16.4 Å². The van der Waals surface area contributed by atoms with E-state index >= 15 is 0 Å². The van der Waals surface area contributed by atoms with Gasteiger partial charge in [-0.1, -0.05) is 24.6 Å². The third-order valence-electron chi connectivity index (χ3n) is 3.40. The molecular formula is C16H14ClF2NO4S. The van der Waals surface area contributed by atoms with Gasteiger partial charge in [-0.2, -0.15) is 0 Å². The highest BCUT2D eigenvalue weighted by Crippen LogP contribution is 2.35. The molecule has 0 spiro atoms. The molecule has 25 heavy (non-hydrogen) atoms. The SMILES string of the molecule is CCS(=O)(=O)c1c(C(N)=O)ccc(OCc2ccc(F)c(F)c2)c1Cl. The Kier molecular flexibility index (Phi) is 5.64. The van der Waals surface area contributed by atoms with Gasteiger partial charge in [0.25, 0.3) is 0 Å². The fourth-order valence-corrected chi connectivity index (χ4v) is 3.82. The van der Waals surface area contributed by atoms with Gasteiger partial charge in [-0.3, -0.25) is 4.79 Å². The average Bonchev–Trinajstić information content (AvgIpc) is 2.56. The summed E-state index contributed by atoms with van der Waals surface area (Å²) < 4.78 is 56.0. The molecule has 0 heterocycles. The number of carbonyl (C=O) groups is 1. The minimum Gasteiger partial charge on any atom is -0.487 e. The van der Waals surface area contributed by atoms with Crippen molar-refractivity contribution in [2.24, 2.45) is 5.73 Å². The number of nitrogens with two attached hydrogens (primary N) is 1. The van der Waals surface area contributed by atoms with Crippen molar-refractivity contribution in [3.63, 3.8) is 0 Å². The van der Waals surface area contributed by atoms with E-state index in [-0.39, 0.29) is 28.7 Å². The van der Waals surface area contributed by atoms with E-state index < -0.39 is 32.3 Å². The molecule has 2 aromatic carbocycles. The molecule has 0 fully saturated rings. The van der Waals surface area contributed by atoms with E-state index in [1.165, 1.54) is 25.1 Å². The fourth-order valence-electron chi connectivity index (χ4n) is 2.08. The number of hydrogen-bond acceptors (Lipinski definition) is 4. The Bertz CT molecular complexity index is 932. The zero-order chi connectivity index (χ0) is 18.8. The van der Waals surface area contributed by atoms with E-state index in [1.807, 2.05) is 0 Å². The van der Waals surface area contributed by atoms with E-state index in [2.05, 4.69) is 0 Å². The van der Waals surface area contributed by atoms with Gasteiger partial charge in [-0.05, 0) is 29.8 Å². The number of rotatable bonds is 6. The van der Waals surface area contributed by atoms with Gasteiger partial charge < -0.3 is 10.5 Å². The van der Waals surface area contributed by atoms with Gasteiger partial charge in [-0.25, -0.2) is 17.2 Å². The van der Waals surface area contributed by atoms with E-state index in [0.717, 1.165) is 12.1 Å². The maximum Gasteiger partial charge on any atom is 0.250 e. The highest BCUT2D eigenvalue weighted by molar-refractivity contribution is 7.91. The van der Waals surface area contributed by atoms with E-state index in [1.54, 1.807) is 0 Å². The van der Waals surface area contributed by atoms with Crippen LogP contribution in [0.3, 0.4) is 0 Å². The van der Waals surface area contributed by atoms with E-state index in [0.29, 0.717) is 5.56 Å². The van der Waals surface area contributed by atoms with Crippen molar-refractivity contribution in [1.82, 2.24) is 0 Å². The summed E-state index contributed by atoms with van der Waals surface area (Å²) in [5.74, 6) is -3.29. The summed E-state index contributed by atoms with van der Waals surface area (Å²) in [6.45, 7) is 1.21. The van der Waals surface area contributed by atoms with Crippen LogP contribution >= 0.6 is 11.6 Å². The Morgan fingerprint density at radius 2 is 1.88 bits per heavy atom. The van der Waals surface area contributed by atoms with Crippen LogP contribution in [-0.4, -0.2) is 20.1 Å². The van der Waals surface area contributed by atoms with Crippen LogP contribution in [0.5, 0.6) is 5.75 Å². The van der Waals surface area contributed by atoms with Crippen LogP contribution < -0.4 is 10.5 Å². The molecule has 5 nitrogen and oxygen atoms in total. The number of ether oxygens (including phenoxy) is 1. The second kappa shape index (κ2) is 7.37. The molecule has 9 heteroatoms. The number of halogens is 3. The van der Waals surface area contributed by atoms with Crippen molar-refractivity contribution in [2.45, 2.75) is 18.4 Å². The van der Waals surface area contributed by atoms with Crippen molar-refractivity contribution >= 4 is 27.3 Å². The van der Waals surface area contributed by atoms with E-state index in [9.17, 15) is 22.0 Å². The van der Waals surface area contributed by atoms with Crippen LogP contribution in [0.25, 0.3) is 0 Å². The third kappa shape index (κ3) is 4.08. The first-order valence-corrected chi connectivity index (χ1v) is 9.12. The Morgan fingerprint density at radius 3 is 2.44 bits per heavy atom. The van der Waals surface area contributed by atoms with Crippen LogP contribution in [0.2, 0.25) is 5.02 Å². The Balaban J connectivity index is 2.41. The molecule has 2 rings (SSSR count). The Hall–Kier alpha value is -2.19. The second-order valence-corrected chi connectivity index (χ2v) is 7.65. The summed E-state index contributed by atoms with van der Waals surface area (Å²) in [6.07, 6.45) is 0. The zero-order valence-electron chi connectivity index (χ0n) is 13.1. The summed E-state index contributed by atoms with van der Waals surface area (Å²) >= 11 is 6.10. The van der Waals surface area contributed by atoms with Gasteiger partial charge in [0, 0.05) is 0 Å². The van der Waals surface area contributed by atoms with Crippen molar-refractivity contribution < 1.29 is 26.7 Å². The van der Waals surface area contributed by atoms with Crippen molar-refractivity contribution in [3.8, 4) is 5.75 Å². The molecule has 0 aliphatic heterocycles. The van der Waals surface area contributed by atoms with Crippen LogP contribution in [0.4, 0.5) is 8.78 Å². The molecule has 2 N–H and O–H groups in total. The smallest absolute Gasteiger partial charge is 0.250 e. The lowest BCUT2D eigenvalue weighted by Crippen LogP contribution is -2.18. The van der Waals surface area contributed by atoms with Gasteiger partial charge in [-0.15, -0.1) is 0 Å². The standard InChI is InChI=1S/C16H14ClF2NO4S/c1-2-25(22,23)15-10(16(20)21)4-6-13(14(15)17)24-8-9-3-5-11(18)12(19)7-9/h3-7H,2,8H2,1H3,(H2,20,21). The molecule has 0 radical (unpaired) electrons. The van der Waals surface area contributed by atoms with Crippen molar-refractivity contribution in [3.05, 3.63) is 58.1 Å². The van der Waals surface area contributed by atoms with E-state index in [4.69, 9.17) is 22.1 Å². The monoisotopic (exact) mass is 389 g/mol. The predicted octanol–water partition coefficient (Wildman–Crippen LogP) is 3.09. The zero-order valence-corrected chi connectivity index (χ0v) is 14.6. The molecule has 0 saturated carbocycles. The van der Waals surface area contributed by atoms with Gasteiger partial charge in [0.1, 0.15) is 22.3 Å². The maximum atomic E-state index is 13.2. The quantitative estimate of drug-likeness (QED) is 0.822. The molecule has 134 valence electrons. The second-order valence-electron chi connectivity index (χ2n) is 5.06. The minimum absolute atomic E-state index is 0.0246. The van der Waals surface area contributed by atoms with Gasteiger partial charge >= 0.3 is 0 Å². The largest absolute Gasteiger partial charge is 0.487 e. The highest BCUT2D eigenvalue weighted by Gasteiger charge is 2.26. The third-order valence-corrected chi connectivity index (χ3v) is 5.69. The molecule has 0 aliphatic carbocycles. The molecule has 0 unspecified atom stereocenters. The summed E-state index contributed by atoms with van der Waals surface area (Å²) in [5, 5.41) is -0.291. The lowest BCUT2D eigenvalue weighted by molar-refractivity contribution is 0.0997. The van der Waals surface area contributed by atoms with Crippen molar-refractivity contribution in [2.75, 3.05) is 5.75 Å². The normalized spacial score (nSPS) is 11.4. The average molecular weight is 390 g/mol. The van der Waals surface area contributed by atoms with Crippen LogP contribution in [0, 0.1) is 11.6 Å². The molecule has 0 bridgehead atoms. The van der Waals surface area contributed by atoms with Gasteiger partial charge in [0.2, 0.25) is 5.91 Å². The first kappa shape index (κ1) is 19.1. The lowest BCUT2D eigenvalue weighted by Gasteiger charge is -2.14. The molecular weight excluding hydrogens is 376 g/mol. The summed E-state index contributed by atoms with van der Waals surface area (Å²) in [4.78, 5) is 11.1. The molecule has 0 aliphatic rings. The molecule has 0 saturated heterocycles. The number of carbonyl (C=O) groups excluding carboxylic acids is 1. The molecule has 1 amide bonds. The molecule has 0 atom stereocenters. The Labute approximate surface area is 148 Å². The topological polar surface area (TPSA) is 86.5 Å². The fraction of sp³-hybridized carbons (Fsp3) is 0.188. The predicted molar refractivity (Wildman–Crippen MR) is 88.4 cm³/mol. The minimum atomic E-state index is -3.84. The first-order chi connectivity index (χ1) is 11.7. The molecule has 2 aromatic rings. The van der Waals surface area contributed by atoms with Gasteiger partial charge in [0.05, 0.1) is 11.3 Å². The summed E-state index contributed by atoms with van der Waals surface area (Å²) in [6, 6.07) is 5.69. The van der Waals surface area contributed by atoms with Crippen LogP contribution in [0.1, 0.15) is 22.8 Å². The summed E-state index contributed by atoms with van der Waals surface area (Å²) in [7, 11) is -3.84. The maximum absolute atomic E-state index is 13.2. The lowest BCUT2D eigenvalue weighted by atomic mass is 10.2. The van der Waals surface area contributed by atoms with Crippen molar-refractivity contribution in [1.29, 1.82) is 0 Å². The van der Waals surface area contributed by atoms with Gasteiger partial charge in [0.15, 0.2) is 21.5 Å². The highest BCUT2D eigenvalue weighted by atomic mass is 35.5. The number of hydrogen-bond donors (Lipinski definition) is 1.